The Hall–Kier alpha value is -2.06. The maximum atomic E-state index is 14.9. The average molecular weight is 448 g/mol. The Morgan fingerprint density at radius 3 is 2.80 bits per heavy atom. The van der Waals surface area contributed by atoms with Gasteiger partial charge in [-0.25, -0.2) is 4.39 Å². The summed E-state index contributed by atoms with van der Waals surface area (Å²) in [6.45, 7) is 5.03. The van der Waals surface area contributed by atoms with Crippen LogP contribution in [-0.2, 0) is 4.74 Å². The maximum absolute atomic E-state index is 14.9. The molecule has 0 atom stereocenters. The number of hydrogen-bond acceptors (Lipinski definition) is 5. The van der Waals surface area contributed by atoms with E-state index in [4.69, 9.17) is 33.3 Å². The topological polar surface area (TPSA) is 46.1 Å². The molecule has 2 aliphatic rings. The maximum Gasteiger partial charge on any atom is 0.165 e. The summed E-state index contributed by atoms with van der Waals surface area (Å²) in [6, 6.07) is 10.5. The molecule has 0 unspecified atom stereocenters. The monoisotopic (exact) mass is 447 g/mol. The second kappa shape index (κ2) is 9.83. The lowest BCUT2D eigenvalue weighted by Crippen LogP contribution is -2.37. The Labute approximate surface area is 185 Å². The molecule has 2 aliphatic heterocycles. The smallest absolute Gasteiger partial charge is 0.165 e. The predicted molar refractivity (Wildman–Crippen MR) is 122 cm³/mol. The number of anilines is 1. The number of rotatable bonds is 6. The van der Waals surface area contributed by atoms with Gasteiger partial charge in [0, 0.05) is 41.9 Å². The summed E-state index contributed by atoms with van der Waals surface area (Å²) in [6.07, 6.45) is 0.814. The van der Waals surface area contributed by atoms with Crippen LogP contribution < -0.4 is 10.1 Å². The van der Waals surface area contributed by atoms with E-state index < -0.39 is 5.82 Å². The largest absolute Gasteiger partial charge is 0.490 e. The number of nitrogens with one attached hydrogen (secondary N) is 1. The molecule has 2 aromatic carbocycles. The third-order valence-electron chi connectivity index (χ3n) is 5.09. The molecule has 0 bridgehead atoms. The zero-order valence-electron chi connectivity index (χ0n) is 16.5. The fourth-order valence-electron chi connectivity index (χ4n) is 3.57. The van der Waals surface area contributed by atoms with E-state index in [9.17, 15) is 4.39 Å². The van der Waals surface area contributed by atoms with Crippen molar-refractivity contribution in [3.8, 4) is 5.75 Å². The zero-order chi connectivity index (χ0) is 20.9. The van der Waals surface area contributed by atoms with Crippen molar-refractivity contribution in [1.29, 1.82) is 0 Å². The van der Waals surface area contributed by atoms with Gasteiger partial charge in [0.1, 0.15) is 4.99 Å². The fraction of sp³-hybridized carbons (Fsp3) is 0.364. The molecule has 2 aromatic rings. The van der Waals surface area contributed by atoms with Crippen molar-refractivity contribution < 1.29 is 13.9 Å². The van der Waals surface area contributed by atoms with Gasteiger partial charge in [-0.3, -0.25) is 9.89 Å². The first-order chi connectivity index (χ1) is 14.6. The highest BCUT2D eigenvalue weighted by Crippen LogP contribution is 2.32. The van der Waals surface area contributed by atoms with E-state index in [0.717, 1.165) is 44.8 Å². The summed E-state index contributed by atoms with van der Waals surface area (Å²) >= 11 is 11.7. The summed E-state index contributed by atoms with van der Waals surface area (Å²) in [5, 5.41) is 3.71. The van der Waals surface area contributed by atoms with Gasteiger partial charge >= 0.3 is 0 Å². The minimum Gasteiger partial charge on any atom is -0.490 e. The summed E-state index contributed by atoms with van der Waals surface area (Å²) in [5.74, 6) is -0.235. The summed E-state index contributed by atoms with van der Waals surface area (Å²) in [5.41, 5.74) is 2.63. The number of nitrogens with zero attached hydrogens (tertiary/aromatic N) is 2. The number of aliphatic imine (C=N–C) groups is 1. The van der Waals surface area contributed by atoms with Crippen molar-refractivity contribution >= 4 is 40.2 Å². The summed E-state index contributed by atoms with van der Waals surface area (Å²) < 4.78 is 26.0. The van der Waals surface area contributed by atoms with Crippen molar-refractivity contribution in [3.63, 3.8) is 0 Å². The minimum atomic E-state index is -0.436. The van der Waals surface area contributed by atoms with Crippen LogP contribution in [0.3, 0.4) is 0 Å². The molecule has 1 N–H and O–H groups in total. The number of fused-ring (bicyclic) bond motifs is 1. The van der Waals surface area contributed by atoms with Crippen LogP contribution in [0.4, 0.5) is 10.1 Å². The number of benzodiazepines with no additional fused rings is 1. The molecule has 0 spiro atoms. The second-order valence-corrected chi connectivity index (χ2v) is 8.08. The number of ether oxygens (including phenoxy) is 2. The van der Waals surface area contributed by atoms with Crippen molar-refractivity contribution in [2.75, 3.05) is 51.3 Å². The lowest BCUT2D eigenvalue weighted by Gasteiger charge is -2.26. The molecule has 5 nitrogen and oxygen atoms in total. The number of benzene rings is 2. The van der Waals surface area contributed by atoms with Crippen molar-refractivity contribution in [2.24, 2.45) is 4.99 Å². The average Bonchev–Trinajstić information content (AvgIpc) is 2.90. The van der Waals surface area contributed by atoms with Crippen LogP contribution in [0.5, 0.6) is 5.75 Å². The highest BCUT2D eigenvalue weighted by atomic mass is 35.5. The lowest BCUT2D eigenvalue weighted by atomic mass is 10.00. The molecular formula is C22H23ClFN3O2S. The van der Waals surface area contributed by atoms with Crippen LogP contribution in [-0.4, -0.2) is 61.6 Å². The van der Waals surface area contributed by atoms with Gasteiger partial charge in [-0.2, -0.15) is 0 Å². The molecule has 2 heterocycles. The summed E-state index contributed by atoms with van der Waals surface area (Å²) in [4.78, 5) is 7.46. The Morgan fingerprint density at radius 1 is 1.20 bits per heavy atom. The van der Waals surface area contributed by atoms with E-state index in [1.165, 1.54) is 6.07 Å². The third kappa shape index (κ3) is 4.98. The minimum absolute atomic E-state index is 0.200. The molecule has 0 amide bonds. The molecule has 158 valence electrons. The van der Waals surface area contributed by atoms with E-state index in [1.54, 1.807) is 12.1 Å². The van der Waals surface area contributed by atoms with Gasteiger partial charge in [-0.1, -0.05) is 42.0 Å². The van der Waals surface area contributed by atoms with Crippen LogP contribution in [0.15, 0.2) is 41.4 Å². The highest BCUT2D eigenvalue weighted by Gasteiger charge is 2.21. The van der Waals surface area contributed by atoms with E-state index >= 15 is 0 Å². The molecule has 0 radical (unpaired) electrons. The molecule has 0 saturated carbocycles. The number of halogens is 2. The predicted octanol–water partition coefficient (Wildman–Crippen LogP) is 4.17. The standard InChI is InChI=1S/C22H23ClFN3O2S/c23-17-5-2-1-4-15(17)22-16-12-18(24)20(13-19(16)26-21(30)14-25-22)29-9-3-6-27-7-10-28-11-8-27/h1-2,4-5,12-13H,3,6-11,14H2,(H,26,30). The molecule has 30 heavy (non-hydrogen) atoms. The number of thiocarbonyl (C=S) groups is 1. The van der Waals surface area contributed by atoms with Gasteiger partial charge in [0.15, 0.2) is 11.6 Å². The van der Waals surface area contributed by atoms with Crippen LogP contribution in [0.25, 0.3) is 0 Å². The normalized spacial score (nSPS) is 17.0. The molecule has 0 aliphatic carbocycles. The number of morpholine rings is 1. The number of hydrogen-bond donors (Lipinski definition) is 1. The zero-order valence-corrected chi connectivity index (χ0v) is 18.1. The molecule has 0 aromatic heterocycles. The van der Waals surface area contributed by atoms with Gasteiger partial charge in [0.05, 0.1) is 37.8 Å². The molecular weight excluding hydrogens is 425 g/mol. The second-order valence-electron chi connectivity index (χ2n) is 7.18. The van der Waals surface area contributed by atoms with Crippen LogP contribution in [0.1, 0.15) is 17.5 Å². The summed E-state index contributed by atoms with van der Waals surface area (Å²) in [7, 11) is 0. The Kier molecular flexibility index (Phi) is 6.94. The van der Waals surface area contributed by atoms with Crippen molar-refractivity contribution in [2.45, 2.75) is 6.42 Å². The Bertz CT molecular complexity index is 963. The van der Waals surface area contributed by atoms with Gasteiger partial charge < -0.3 is 14.8 Å². The first-order valence-corrected chi connectivity index (χ1v) is 10.8. The van der Waals surface area contributed by atoms with Gasteiger partial charge in [-0.05, 0) is 18.6 Å². The molecule has 1 saturated heterocycles. The van der Waals surface area contributed by atoms with E-state index in [1.807, 2.05) is 18.2 Å². The SMILES string of the molecule is Fc1cc2c(cc1OCCCN1CCOCC1)NC(=S)CN=C2c1ccccc1Cl. The highest BCUT2D eigenvalue weighted by molar-refractivity contribution is 7.80. The lowest BCUT2D eigenvalue weighted by molar-refractivity contribution is 0.0357. The van der Waals surface area contributed by atoms with E-state index in [0.29, 0.717) is 40.1 Å². The van der Waals surface area contributed by atoms with Crippen molar-refractivity contribution in [1.82, 2.24) is 4.90 Å². The first-order valence-electron chi connectivity index (χ1n) is 9.98. The van der Waals surface area contributed by atoms with Crippen LogP contribution >= 0.6 is 23.8 Å². The quantitative estimate of drug-likeness (QED) is 0.532. The van der Waals surface area contributed by atoms with Crippen LogP contribution in [0.2, 0.25) is 5.02 Å². The molecule has 4 rings (SSSR count). The van der Waals surface area contributed by atoms with Crippen molar-refractivity contribution in [3.05, 3.63) is 58.4 Å². The first kappa shape index (κ1) is 21.2. The van der Waals surface area contributed by atoms with Gasteiger partial charge in [0.2, 0.25) is 0 Å². The van der Waals surface area contributed by atoms with E-state index in [2.05, 4.69) is 15.2 Å². The Morgan fingerprint density at radius 2 is 2.00 bits per heavy atom. The molecule has 1 fully saturated rings. The molecule has 8 heteroatoms. The fourth-order valence-corrected chi connectivity index (χ4v) is 3.97. The van der Waals surface area contributed by atoms with Crippen LogP contribution in [0, 0.1) is 5.82 Å². The van der Waals surface area contributed by atoms with Gasteiger partial charge in [0.25, 0.3) is 0 Å². The van der Waals surface area contributed by atoms with E-state index in [-0.39, 0.29) is 5.75 Å². The Balaban J connectivity index is 1.52. The van der Waals surface area contributed by atoms with Gasteiger partial charge in [-0.15, -0.1) is 0 Å². The third-order valence-corrected chi connectivity index (χ3v) is 5.65.